The molecule has 5 rings (SSSR count). The number of carbonyl (C=O) groups excluding carboxylic acids is 5. The molecule has 9 heteroatoms. The van der Waals surface area contributed by atoms with Crippen molar-refractivity contribution >= 4 is 30.2 Å². The van der Waals surface area contributed by atoms with Gasteiger partial charge in [-0.15, -0.1) is 0 Å². The summed E-state index contributed by atoms with van der Waals surface area (Å²) in [6, 6.07) is 19.6. The number of benzene rings is 3. The van der Waals surface area contributed by atoms with E-state index in [0.29, 0.717) is 42.1 Å². The highest BCUT2D eigenvalue weighted by atomic mass is 16.6. The number of aldehydes is 1. The van der Waals surface area contributed by atoms with Gasteiger partial charge in [-0.05, 0) is 142 Å². The lowest BCUT2D eigenvalue weighted by atomic mass is 9.84. The van der Waals surface area contributed by atoms with E-state index in [1.807, 2.05) is 48.5 Å². The van der Waals surface area contributed by atoms with Gasteiger partial charge in [0.2, 0.25) is 0 Å². The maximum absolute atomic E-state index is 12.7. The minimum absolute atomic E-state index is 0.122. The first-order valence-corrected chi connectivity index (χ1v) is 19.8. The SMILES string of the molecule is CCCc1ccc(C(=O)OC2CCC(CCC(=O)Oc3ccc(OC(=O)CCC4CCC(OC(=O)c5ccc(CCC)cc5)CC4)c(C=O)c3)CC2)cc1. The van der Waals surface area contributed by atoms with Gasteiger partial charge in [0.25, 0.3) is 0 Å². The largest absolute Gasteiger partial charge is 0.459 e. The van der Waals surface area contributed by atoms with Gasteiger partial charge >= 0.3 is 23.9 Å². The third-order valence-electron chi connectivity index (χ3n) is 10.7. The number of carbonyl (C=O) groups is 5. The molecule has 3 aromatic carbocycles. The smallest absolute Gasteiger partial charge is 0.338 e. The Labute approximate surface area is 319 Å². The molecular weight excluding hydrogens is 684 g/mol. The highest BCUT2D eigenvalue weighted by molar-refractivity contribution is 5.90. The van der Waals surface area contributed by atoms with Gasteiger partial charge < -0.3 is 18.9 Å². The Morgan fingerprint density at radius 2 is 1.04 bits per heavy atom. The molecule has 2 fully saturated rings. The fourth-order valence-electron chi connectivity index (χ4n) is 7.48. The molecule has 0 saturated heterocycles. The lowest BCUT2D eigenvalue weighted by molar-refractivity contribution is -0.136. The quantitative estimate of drug-likeness (QED) is 0.0757. The summed E-state index contributed by atoms with van der Waals surface area (Å²) in [5.74, 6) is -0.433. The van der Waals surface area contributed by atoms with Gasteiger partial charge in [0.05, 0.1) is 16.7 Å². The van der Waals surface area contributed by atoms with Crippen molar-refractivity contribution in [3.63, 3.8) is 0 Å². The molecule has 3 aromatic rings. The van der Waals surface area contributed by atoms with E-state index in [1.54, 1.807) is 0 Å². The second-order valence-electron chi connectivity index (χ2n) is 14.8. The summed E-state index contributed by atoms with van der Waals surface area (Å²) in [5.41, 5.74) is 3.67. The van der Waals surface area contributed by atoms with Gasteiger partial charge in [0.1, 0.15) is 23.7 Å². The first-order chi connectivity index (χ1) is 26.2. The van der Waals surface area contributed by atoms with Gasteiger partial charge in [-0.25, -0.2) is 9.59 Å². The molecule has 0 amide bonds. The van der Waals surface area contributed by atoms with Crippen molar-refractivity contribution in [1.82, 2.24) is 0 Å². The van der Waals surface area contributed by atoms with Crippen LogP contribution in [0.3, 0.4) is 0 Å². The van der Waals surface area contributed by atoms with Crippen molar-refractivity contribution in [2.24, 2.45) is 11.8 Å². The first kappa shape index (κ1) is 40.4. The molecular formula is C45H54O9. The summed E-state index contributed by atoms with van der Waals surface area (Å²) < 4.78 is 22.5. The van der Waals surface area contributed by atoms with Crippen LogP contribution in [0.25, 0.3) is 0 Å². The highest BCUT2D eigenvalue weighted by Crippen LogP contribution is 2.32. The Bertz CT molecular complexity index is 1700. The number of esters is 4. The standard InChI is InChI=1S/C45H54O9/c1-3-5-31-7-17-35(18-8-31)44(49)52-38-21-11-33(12-22-38)15-27-42(47)51-40-25-26-41(37(29-40)30-46)54-43(48)28-16-34-13-23-39(24-14-34)53-45(50)36-19-9-32(6-4-2)10-20-36/h7-10,17-20,25-26,29-30,33-34,38-39H,3-6,11-16,21-24,27-28H2,1-2H3. The summed E-state index contributed by atoms with van der Waals surface area (Å²) in [4.78, 5) is 62.4. The van der Waals surface area contributed by atoms with E-state index in [1.165, 1.54) is 29.3 Å². The topological polar surface area (TPSA) is 122 Å². The summed E-state index contributed by atoms with van der Waals surface area (Å²) in [7, 11) is 0. The van der Waals surface area contributed by atoms with E-state index in [-0.39, 0.29) is 54.1 Å². The maximum Gasteiger partial charge on any atom is 0.338 e. The van der Waals surface area contributed by atoms with Gasteiger partial charge in [-0.2, -0.15) is 0 Å². The molecule has 0 aromatic heterocycles. The number of hydrogen-bond acceptors (Lipinski definition) is 9. The average molecular weight is 739 g/mol. The van der Waals surface area contributed by atoms with Crippen molar-refractivity contribution in [3.05, 3.63) is 94.5 Å². The first-order valence-electron chi connectivity index (χ1n) is 19.8. The van der Waals surface area contributed by atoms with Crippen molar-refractivity contribution in [1.29, 1.82) is 0 Å². The molecule has 0 aliphatic heterocycles. The maximum atomic E-state index is 12.7. The van der Waals surface area contributed by atoms with E-state index < -0.39 is 11.9 Å². The lowest BCUT2D eigenvalue weighted by Gasteiger charge is -2.28. The molecule has 9 nitrogen and oxygen atoms in total. The summed E-state index contributed by atoms with van der Waals surface area (Å²) in [5, 5.41) is 0. The minimum Gasteiger partial charge on any atom is -0.459 e. The predicted octanol–water partition coefficient (Wildman–Crippen LogP) is 9.61. The van der Waals surface area contributed by atoms with Crippen molar-refractivity contribution in [3.8, 4) is 11.5 Å². The molecule has 0 atom stereocenters. The van der Waals surface area contributed by atoms with Gasteiger partial charge in [-0.1, -0.05) is 51.0 Å². The Balaban J connectivity index is 0.966. The molecule has 0 bridgehead atoms. The fourth-order valence-corrected chi connectivity index (χ4v) is 7.48. The Morgan fingerprint density at radius 1 is 0.593 bits per heavy atom. The zero-order valence-electron chi connectivity index (χ0n) is 31.7. The molecule has 2 saturated carbocycles. The zero-order chi connectivity index (χ0) is 38.3. The monoisotopic (exact) mass is 738 g/mol. The number of rotatable bonds is 17. The third kappa shape index (κ3) is 12.4. The van der Waals surface area contributed by atoms with E-state index in [2.05, 4.69) is 13.8 Å². The zero-order valence-corrected chi connectivity index (χ0v) is 31.7. The van der Waals surface area contributed by atoms with E-state index in [4.69, 9.17) is 18.9 Å². The molecule has 2 aliphatic rings. The molecule has 2 aliphatic carbocycles. The van der Waals surface area contributed by atoms with Crippen LogP contribution in [-0.2, 0) is 31.9 Å². The molecule has 0 heterocycles. The van der Waals surface area contributed by atoms with Crippen LogP contribution in [0.1, 0.15) is 146 Å². The second kappa shape index (κ2) is 20.6. The molecule has 288 valence electrons. The number of aryl methyl sites for hydroxylation is 2. The second-order valence-corrected chi connectivity index (χ2v) is 14.8. The molecule has 0 N–H and O–H groups in total. The molecule has 0 spiro atoms. The van der Waals surface area contributed by atoms with Crippen LogP contribution in [-0.4, -0.2) is 42.4 Å². The van der Waals surface area contributed by atoms with Gasteiger partial charge in [0.15, 0.2) is 6.29 Å². The Kier molecular flexibility index (Phi) is 15.4. The highest BCUT2D eigenvalue weighted by Gasteiger charge is 2.27. The fraction of sp³-hybridized carbons (Fsp3) is 0.489. The van der Waals surface area contributed by atoms with Crippen LogP contribution in [0.2, 0.25) is 0 Å². The average Bonchev–Trinajstić information content (AvgIpc) is 3.18. The van der Waals surface area contributed by atoms with E-state index in [0.717, 1.165) is 77.0 Å². The van der Waals surface area contributed by atoms with Crippen LogP contribution in [0.5, 0.6) is 11.5 Å². The summed E-state index contributed by atoms with van der Waals surface area (Å²) >= 11 is 0. The molecule has 54 heavy (non-hydrogen) atoms. The summed E-state index contributed by atoms with van der Waals surface area (Å²) in [6.45, 7) is 4.25. The van der Waals surface area contributed by atoms with E-state index >= 15 is 0 Å². The minimum atomic E-state index is -0.437. The number of hydrogen-bond donors (Lipinski definition) is 0. The number of ether oxygens (including phenoxy) is 4. The normalized spacial score (nSPS) is 19.7. The van der Waals surface area contributed by atoms with Crippen molar-refractivity contribution < 1.29 is 42.9 Å². The van der Waals surface area contributed by atoms with Gasteiger partial charge in [0, 0.05) is 12.8 Å². The Morgan fingerprint density at radius 3 is 1.46 bits per heavy atom. The third-order valence-corrected chi connectivity index (χ3v) is 10.7. The van der Waals surface area contributed by atoms with Crippen molar-refractivity contribution in [2.45, 2.75) is 129 Å². The summed E-state index contributed by atoms with van der Waals surface area (Å²) in [6.07, 6.45) is 12.6. The van der Waals surface area contributed by atoms with Crippen LogP contribution in [0, 0.1) is 11.8 Å². The van der Waals surface area contributed by atoms with E-state index in [9.17, 15) is 24.0 Å². The molecule has 0 unspecified atom stereocenters. The van der Waals surface area contributed by atoms with Crippen LogP contribution in [0.15, 0.2) is 66.7 Å². The van der Waals surface area contributed by atoms with Gasteiger partial charge in [-0.3, -0.25) is 14.4 Å². The van der Waals surface area contributed by atoms with Crippen LogP contribution < -0.4 is 9.47 Å². The lowest BCUT2D eigenvalue weighted by Crippen LogP contribution is -2.25. The Hall–Kier alpha value is -4.79. The predicted molar refractivity (Wildman–Crippen MR) is 205 cm³/mol. The van der Waals surface area contributed by atoms with Crippen LogP contribution in [0.4, 0.5) is 0 Å². The molecule has 0 radical (unpaired) electrons. The van der Waals surface area contributed by atoms with Crippen LogP contribution >= 0.6 is 0 Å². The van der Waals surface area contributed by atoms with Crippen molar-refractivity contribution in [2.75, 3.05) is 0 Å².